The van der Waals surface area contributed by atoms with Crippen LogP contribution >= 0.6 is 0 Å². The Bertz CT molecular complexity index is 516. The fourth-order valence-electron chi connectivity index (χ4n) is 1.81. The molecule has 0 aromatic carbocycles. The number of pyridine rings is 1. The Morgan fingerprint density at radius 2 is 1.90 bits per heavy atom. The maximum atomic E-state index is 12.4. The third-order valence-electron chi connectivity index (χ3n) is 2.93. The van der Waals surface area contributed by atoms with Gasteiger partial charge < -0.3 is 5.32 Å². The van der Waals surface area contributed by atoms with E-state index in [0.717, 1.165) is 12.2 Å². The molecule has 20 heavy (non-hydrogen) atoms. The molecule has 106 valence electrons. The Kier molecular flexibility index (Phi) is 5.06. The van der Waals surface area contributed by atoms with Gasteiger partial charge in [-0.2, -0.15) is 0 Å². The first-order valence-electron chi connectivity index (χ1n) is 6.44. The number of hydrogen-bond donors (Lipinski definition) is 1. The molecule has 0 radical (unpaired) electrons. The van der Waals surface area contributed by atoms with Crippen LogP contribution in [-0.2, 0) is 6.54 Å². The van der Waals surface area contributed by atoms with Gasteiger partial charge in [0.2, 0.25) is 0 Å². The van der Waals surface area contributed by atoms with Gasteiger partial charge in [0.1, 0.15) is 5.82 Å². The van der Waals surface area contributed by atoms with Gasteiger partial charge in [-0.1, -0.05) is 6.92 Å². The summed E-state index contributed by atoms with van der Waals surface area (Å²) in [5.41, 5.74) is 0.649. The summed E-state index contributed by atoms with van der Waals surface area (Å²) in [6, 6.07) is 4.79. The van der Waals surface area contributed by atoms with Crippen LogP contribution < -0.4 is 5.32 Å². The second-order valence-corrected chi connectivity index (χ2v) is 4.33. The zero-order valence-electron chi connectivity index (χ0n) is 11.1. The topological polar surface area (TPSA) is 50.7 Å². The molecule has 0 saturated carbocycles. The van der Waals surface area contributed by atoms with Gasteiger partial charge in [-0.25, -0.2) is 18.7 Å². The Morgan fingerprint density at radius 3 is 2.45 bits per heavy atom. The minimum absolute atomic E-state index is 0.0211. The molecule has 6 heteroatoms. The maximum absolute atomic E-state index is 12.4. The zero-order chi connectivity index (χ0) is 14.4. The molecule has 0 aliphatic rings. The first-order valence-corrected chi connectivity index (χ1v) is 6.44. The van der Waals surface area contributed by atoms with E-state index in [9.17, 15) is 8.78 Å². The lowest BCUT2D eigenvalue weighted by molar-refractivity contribution is 0.151. The summed E-state index contributed by atoms with van der Waals surface area (Å²) in [7, 11) is 0. The Labute approximate surface area is 116 Å². The number of nitrogens with zero attached hydrogens (tertiary/aromatic N) is 3. The SMILES string of the molecule is CCC(NCc1ccc(C(F)F)cn1)c1ncccn1. The smallest absolute Gasteiger partial charge is 0.265 e. The highest BCUT2D eigenvalue weighted by Crippen LogP contribution is 2.17. The molecule has 0 fully saturated rings. The molecule has 0 saturated heterocycles. The average molecular weight is 278 g/mol. The molecule has 4 nitrogen and oxygen atoms in total. The molecule has 0 bridgehead atoms. The molecular weight excluding hydrogens is 262 g/mol. The molecular formula is C14H16F2N4. The number of aromatic nitrogens is 3. The van der Waals surface area contributed by atoms with E-state index in [1.165, 1.54) is 12.3 Å². The van der Waals surface area contributed by atoms with Crippen molar-refractivity contribution < 1.29 is 8.78 Å². The van der Waals surface area contributed by atoms with Crippen molar-refractivity contribution in [3.63, 3.8) is 0 Å². The highest BCUT2D eigenvalue weighted by molar-refractivity contribution is 5.15. The van der Waals surface area contributed by atoms with Crippen LogP contribution in [0.2, 0.25) is 0 Å². The van der Waals surface area contributed by atoms with E-state index in [0.29, 0.717) is 12.2 Å². The maximum Gasteiger partial charge on any atom is 0.265 e. The van der Waals surface area contributed by atoms with Crippen LogP contribution in [0.4, 0.5) is 8.78 Å². The second-order valence-electron chi connectivity index (χ2n) is 4.33. The quantitative estimate of drug-likeness (QED) is 0.882. The molecule has 0 aliphatic heterocycles. The number of alkyl halides is 2. The van der Waals surface area contributed by atoms with Crippen LogP contribution in [0.3, 0.4) is 0 Å². The Hall–Kier alpha value is -1.95. The molecule has 0 spiro atoms. The fraction of sp³-hybridized carbons (Fsp3) is 0.357. The highest BCUT2D eigenvalue weighted by atomic mass is 19.3. The van der Waals surface area contributed by atoms with Gasteiger partial charge in [0, 0.05) is 30.7 Å². The summed E-state index contributed by atoms with van der Waals surface area (Å²) in [6.07, 6.45) is 2.96. The van der Waals surface area contributed by atoms with Crippen LogP contribution in [0.1, 0.15) is 42.9 Å². The molecule has 2 heterocycles. The summed E-state index contributed by atoms with van der Waals surface area (Å²) in [5.74, 6) is 0.721. The largest absolute Gasteiger partial charge is 0.302 e. The van der Waals surface area contributed by atoms with Gasteiger partial charge in [-0.05, 0) is 24.6 Å². The fourth-order valence-corrected chi connectivity index (χ4v) is 1.81. The molecule has 2 rings (SSSR count). The molecule has 2 aromatic rings. The second kappa shape index (κ2) is 7.00. The molecule has 1 unspecified atom stereocenters. The van der Waals surface area contributed by atoms with Gasteiger partial charge >= 0.3 is 0 Å². The predicted molar refractivity (Wildman–Crippen MR) is 71.1 cm³/mol. The third-order valence-corrected chi connectivity index (χ3v) is 2.93. The first-order chi connectivity index (χ1) is 9.70. The van der Waals surface area contributed by atoms with E-state index in [2.05, 4.69) is 20.3 Å². The standard InChI is InChI=1S/C14H16F2N4/c1-2-12(14-17-6-3-7-18-14)20-9-11-5-4-10(8-19-11)13(15)16/h3-8,12-13,20H,2,9H2,1H3. The van der Waals surface area contributed by atoms with Crippen molar-refractivity contribution in [1.82, 2.24) is 20.3 Å². The Morgan fingerprint density at radius 1 is 1.15 bits per heavy atom. The van der Waals surface area contributed by atoms with Crippen molar-refractivity contribution in [2.24, 2.45) is 0 Å². The van der Waals surface area contributed by atoms with Gasteiger partial charge in [0.25, 0.3) is 6.43 Å². The minimum atomic E-state index is -2.48. The van der Waals surface area contributed by atoms with Gasteiger partial charge in [0.15, 0.2) is 0 Å². The summed E-state index contributed by atoms with van der Waals surface area (Å²) < 4.78 is 24.8. The monoisotopic (exact) mass is 278 g/mol. The van der Waals surface area contributed by atoms with Crippen LogP contribution in [-0.4, -0.2) is 15.0 Å². The van der Waals surface area contributed by atoms with Crippen LogP contribution in [0, 0.1) is 0 Å². The summed E-state index contributed by atoms with van der Waals surface area (Å²) in [4.78, 5) is 12.4. The van der Waals surface area contributed by atoms with E-state index in [1.807, 2.05) is 6.92 Å². The van der Waals surface area contributed by atoms with E-state index in [4.69, 9.17) is 0 Å². The van der Waals surface area contributed by atoms with Gasteiger partial charge in [-0.3, -0.25) is 4.98 Å². The van der Waals surface area contributed by atoms with Crippen molar-refractivity contribution >= 4 is 0 Å². The number of hydrogen-bond acceptors (Lipinski definition) is 4. The van der Waals surface area contributed by atoms with Crippen molar-refractivity contribution in [1.29, 1.82) is 0 Å². The van der Waals surface area contributed by atoms with E-state index in [1.54, 1.807) is 24.5 Å². The molecule has 1 N–H and O–H groups in total. The minimum Gasteiger partial charge on any atom is -0.302 e. The lowest BCUT2D eigenvalue weighted by Crippen LogP contribution is -2.22. The van der Waals surface area contributed by atoms with Gasteiger partial charge in [-0.15, -0.1) is 0 Å². The number of rotatable bonds is 6. The molecule has 0 aliphatic carbocycles. The normalized spacial score (nSPS) is 12.6. The van der Waals surface area contributed by atoms with E-state index < -0.39 is 6.43 Å². The van der Waals surface area contributed by atoms with Crippen molar-refractivity contribution in [3.05, 3.63) is 53.9 Å². The number of nitrogens with one attached hydrogen (secondary N) is 1. The predicted octanol–water partition coefficient (Wildman–Crippen LogP) is 3.05. The molecule has 1 atom stereocenters. The Balaban J connectivity index is 1.96. The first kappa shape index (κ1) is 14.5. The zero-order valence-corrected chi connectivity index (χ0v) is 11.1. The highest BCUT2D eigenvalue weighted by Gasteiger charge is 2.12. The third kappa shape index (κ3) is 3.77. The van der Waals surface area contributed by atoms with Crippen molar-refractivity contribution in [2.75, 3.05) is 0 Å². The molecule has 2 aromatic heterocycles. The van der Waals surface area contributed by atoms with Crippen LogP contribution in [0.25, 0.3) is 0 Å². The van der Waals surface area contributed by atoms with Crippen LogP contribution in [0.15, 0.2) is 36.8 Å². The van der Waals surface area contributed by atoms with Gasteiger partial charge in [0.05, 0.1) is 11.7 Å². The van der Waals surface area contributed by atoms with Crippen molar-refractivity contribution in [3.8, 4) is 0 Å². The summed E-state index contributed by atoms with van der Waals surface area (Å²) in [5, 5.41) is 3.28. The van der Waals surface area contributed by atoms with E-state index >= 15 is 0 Å². The number of halogens is 2. The van der Waals surface area contributed by atoms with Crippen molar-refractivity contribution in [2.45, 2.75) is 32.4 Å². The summed E-state index contributed by atoms with van der Waals surface area (Å²) >= 11 is 0. The average Bonchev–Trinajstić information content (AvgIpc) is 2.49. The lowest BCUT2D eigenvalue weighted by atomic mass is 10.2. The van der Waals surface area contributed by atoms with E-state index in [-0.39, 0.29) is 11.6 Å². The molecule has 0 amide bonds. The lowest BCUT2D eigenvalue weighted by Gasteiger charge is -2.15. The summed E-state index contributed by atoms with van der Waals surface area (Å²) in [6.45, 7) is 2.52. The van der Waals surface area contributed by atoms with Crippen LogP contribution in [0.5, 0.6) is 0 Å².